The number of hydrogen-bond acceptors (Lipinski definition) is 6. The number of nitrogens with one attached hydrogen (secondary N) is 1. The Hall–Kier alpha value is -3.72. The fourth-order valence-electron chi connectivity index (χ4n) is 3.93. The van der Waals surface area contributed by atoms with Gasteiger partial charge in [-0.05, 0) is 30.7 Å². The van der Waals surface area contributed by atoms with Gasteiger partial charge in [-0.15, -0.1) is 10.2 Å². The summed E-state index contributed by atoms with van der Waals surface area (Å²) in [6.45, 7) is 1.55. The summed E-state index contributed by atoms with van der Waals surface area (Å²) in [4.78, 5) is 26.7. The van der Waals surface area contributed by atoms with E-state index >= 15 is 0 Å². The molecule has 0 bridgehead atoms. The van der Waals surface area contributed by atoms with Gasteiger partial charge in [0.1, 0.15) is 17.3 Å². The predicted octanol–water partition coefficient (Wildman–Crippen LogP) is 3.37. The molecule has 9 heteroatoms. The van der Waals surface area contributed by atoms with Gasteiger partial charge in [0.25, 0.3) is 5.91 Å². The van der Waals surface area contributed by atoms with Gasteiger partial charge in [-0.25, -0.2) is 0 Å². The summed E-state index contributed by atoms with van der Waals surface area (Å²) >= 11 is 1.33. The van der Waals surface area contributed by atoms with E-state index in [-0.39, 0.29) is 18.4 Å². The molecule has 1 aliphatic rings. The SMILES string of the molecule is CC1Oc2ccccc2N(CC(=O)Nc2nnc(Cc3cn(C)c4ccccc34)s2)C1=O. The molecule has 0 spiro atoms. The Kier molecular flexibility index (Phi) is 5.10. The summed E-state index contributed by atoms with van der Waals surface area (Å²) in [7, 11) is 2.02. The first kappa shape index (κ1) is 20.2. The third kappa shape index (κ3) is 3.71. The second-order valence-electron chi connectivity index (χ2n) is 7.66. The van der Waals surface area contributed by atoms with Crippen LogP contribution in [0.2, 0.25) is 0 Å². The number of anilines is 2. The van der Waals surface area contributed by atoms with Crippen molar-refractivity contribution in [3.8, 4) is 5.75 Å². The lowest BCUT2D eigenvalue weighted by atomic mass is 10.1. The molecule has 5 rings (SSSR count). The topological polar surface area (TPSA) is 89.3 Å². The highest BCUT2D eigenvalue weighted by molar-refractivity contribution is 7.15. The molecule has 0 saturated heterocycles. The van der Waals surface area contributed by atoms with E-state index in [1.165, 1.54) is 21.6 Å². The molecule has 8 nitrogen and oxygen atoms in total. The molecule has 1 unspecified atom stereocenters. The molecule has 2 aromatic carbocycles. The van der Waals surface area contributed by atoms with Crippen LogP contribution in [0, 0.1) is 0 Å². The number of hydrogen-bond donors (Lipinski definition) is 1. The van der Waals surface area contributed by atoms with Crippen LogP contribution in [0.3, 0.4) is 0 Å². The number of carbonyl (C=O) groups is 2. The summed E-state index contributed by atoms with van der Waals surface area (Å²) in [5.74, 6) is -0.0106. The Morgan fingerprint density at radius 3 is 2.81 bits per heavy atom. The number of ether oxygens (including phenoxy) is 1. The first-order chi connectivity index (χ1) is 15.5. The van der Waals surface area contributed by atoms with E-state index < -0.39 is 6.10 Å². The summed E-state index contributed by atoms with van der Waals surface area (Å²) in [6.07, 6.45) is 2.07. The average molecular weight is 448 g/mol. The van der Waals surface area contributed by atoms with E-state index in [4.69, 9.17) is 4.74 Å². The van der Waals surface area contributed by atoms with Gasteiger partial charge in [-0.3, -0.25) is 19.8 Å². The number of rotatable bonds is 5. The van der Waals surface area contributed by atoms with Crippen molar-refractivity contribution in [3.63, 3.8) is 0 Å². The van der Waals surface area contributed by atoms with Crippen molar-refractivity contribution >= 4 is 44.9 Å². The van der Waals surface area contributed by atoms with E-state index in [2.05, 4.69) is 38.4 Å². The number of para-hydroxylation sites is 3. The Bertz CT molecular complexity index is 1330. The Morgan fingerprint density at radius 2 is 1.94 bits per heavy atom. The largest absolute Gasteiger partial charge is 0.479 e. The van der Waals surface area contributed by atoms with E-state index in [1.54, 1.807) is 25.1 Å². The van der Waals surface area contributed by atoms with Crippen LogP contribution in [-0.2, 0) is 23.1 Å². The van der Waals surface area contributed by atoms with Crippen molar-refractivity contribution in [2.45, 2.75) is 19.4 Å². The van der Waals surface area contributed by atoms with Crippen molar-refractivity contribution in [2.24, 2.45) is 7.05 Å². The number of nitrogens with zero attached hydrogens (tertiary/aromatic N) is 4. The van der Waals surface area contributed by atoms with Gasteiger partial charge in [-0.1, -0.05) is 41.7 Å². The van der Waals surface area contributed by atoms with Crippen LogP contribution < -0.4 is 15.0 Å². The van der Waals surface area contributed by atoms with Crippen molar-refractivity contribution in [3.05, 3.63) is 65.3 Å². The molecule has 0 fully saturated rings. The zero-order chi connectivity index (χ0) is 22.2. The second-order valence-corrected chi connectivity index (χ2v) is 8.72. The first-order valence-electron chi connectivity index (χ1n) is 10.2. The molecule has 2 amide bonds. The number of benzene rings is 2. The highest BCUT2D eigenvalue weighted by atomic mass is 32.1. The van der Waals surface area contributed by atoms with Crippen LogP contribution in [-0.4, -0.2) is 39.2 Å². The minimum absolute atomic E-state index is 0.123. The Labute approximate surface area is 188 Å². The molecule has 1 aliphatic heterocycles. The number of aromatic nitrogens is 3. The van der Waals surface area contributed by atoms with Gasteiger partial charge < -0.3 is 9.30 Å². The summed E-state index contributed by atoms with van der Waals surface area (Å²) in [5.41, 5.74) is 2.89. The van der Waals surface area contributed by atoms with E-state index in [9.17, 15) is 9.59 Å². The van der Waals surface area contributed by atoms with Crippen LogP contribution in [0.25, 0.3) is 10.9 Å². The quantitative estimate of drug-likeness (QED) is 0.507. The van der Waals surface area contributed by atoms with Crippen LogP contribution in [0.1, 0.15) is 17.5 Å². The first-order valence-corrected chi connectivity index (χ1v) is 11.0. The van der Waals surface area contributed by atoms with Gasteiger partial charge in [0.2, 0.25) is 11.0 Å². The third-order valence-corrected chi connectivity index (χ3v) is 6.25. The molecule has 1 atom stereocenters. The summed E-state index contributed by atoms with van der Waals surface area (Å²) in [6, 6.07) is 15.4. The van der Waals surface area contributed by atoms with Crippen molar-refractivity contribution < 1.29 is 14.3 Å². The molecule has 32 heavy (non-hydrogen) atoms. The van der Waals surface area contributed by atoms with Gasteiger partial charge in [0, 0.05) is 30.6 Å². The number of amides is 2. The molecular formula is C23H21N5O3S. The maximum atomic E-state index is 12.7. The van der Waals surface area contributed by atoms with Gasteiger partial charge in [-0.2, -0.15) is 0 Å². The van der Waals surface area contributed by atoms with Crippen LogP contribution in [0.5, 0.6) is 5.75 Å². The van der Waals surface area contributed by atoms with Crippen molar-refractivity contribution in [2.75, 3.05) is 16.8 Å². The minimum atomic E-state index is -0.647. The molecule has 0 aliphatic carbocycles. The molecular weight excluding hydrogens is 426 g/mol. The maximum absolute atomic E-state index is 12.7. The van der Waals surface area contributed by atoms with Gasteiger partial charge >= 0.3 is 0 Å². The smallest absolute Gasteiger partial charge is 0.268 e. The monoisotopic (exact) mass is 447 g/mol. The lowest BCUT2D eigenvalue weighted by Crippen LogP contribution is -2.47. The molecule has 1 N–H and O–H groups in total. The predicted molar refractivity (Wildman–Crippen MR) is 123 cm³/mol. The average Bonchev–Trinajstić information content (AvgIpc) is 3.35. The molecule has 0 saturated carbocycles. The molecule has 162 valence electrons. The third-order valence-electron chi connectivity index (χ3n) is 5.41. The van der Waals surface area contributed by atoms with E-state index in [0.29, 0.717) is 23.0 Å². The van der Waals surface area contributed by atoms with Gasteiger partial charge in [0.05, 0.1) is 5.69 Å². The van der Waals surface area contributed by atoms with E-state index in [1.807, 2.05) is 25.2 Å². The highest BCUT2D eigenvalue weighted by Gasteiger charge is 2.32. The van der Waals surface area contributed by atoms with Crippen LogP contribution in [0.4, 0.5) is 10.8 Å². The van der Waals surface area contributed by atoms with Crippen LogP contribution >= 0.6 is 11.3 Å². The molecule has 4 aromatic rings. The lowest BCUT2D eigenvalue weighted by Gasteiger charge is -2.32. The molecule has 3 heterocycles. The summed E-state index contributed by atoms with van der Waals surface area (Å²) < 4.78 is 7.71. The number of aryl methyl sites for hydroxylation is 1. The normalized spacial score (nSPS) is 15.5. The minimum Gasteiger partial charge on any atom is -0.479 e. The molecule has 2 aromatic heterocycles. The Balaban J connectivity index is 1.29. The van der Waals surface area contributed by atoms with E-state index in [0.717, 1.165) is 16.1 Å². The standard InChI is InChI=1S/C23H21N5O3S/c1-14-22(30)28(18-9-5-6-10-19(18)31-14)13-20(29)24-23-26-25-21(32-23)11-15-12-27(2)17-8-4-3-7-16(15)17/h3-10,12,14H,11,13H2,1-2H3,(H,24,26,29). The van der Waals surface area contributed by atoms with Crippen LogP contribution in [0.15, 0.2) is 54.7 Å². The zero-order valence-corrected chi connectivity index (χ0v) is 18.4. The number of carbonyl (C=O) groups excluding carboxylic acids is 2. The maximum Gasteiger partial charge on any atom is 0.268 e. The zero-order valence-electron chi connectivity index (χ0n) is 17.6. The lowest BCUT2D eigenvalue weighted by molar-refractivity contribution is -0.127. The fourth-order valence-corrected chi connectivity index (χ4v) is 4.71. The Morgan fingerprint density at radius 1 is 1.16 bits per heavy atom. The van der Waals surface area contributed by atoms with Crippen molar-refractivity contribution in [1.29, 1.82) is 0 Å². The summed E-state index contributed by atoms with van der Waals surface area (Å²) in [5, 5.41) is 13.5. The fraction of sp³-hybridized carbons (Fsp3) is 0.217. The highest BCUT2D eigenvalue weighted by Crippen LogP contribution is 2.33. The number of fused-ring (bicyclic) bond motifs is 2. The second kappa shape index (κ2) is 8.08. The molecule has 0 radical (unpaired) electrons. The van der Waals surface area contributed by atoms with Crippen molar-refractivity contribution in [1.82, 2.24) is 14.8 Å². The van der Waals surface area contributed by atoms with Gasteiger partial charge in [0.15, 0.2) is 6.10 Å².